The quantitative estimate of drug-likeness (QED) is 0.431. The van der Waals surface area contributed by atoms with E-state index in [4.69, 9.17) is 14.3 Å². The molecule has 1 aromatic carbocycles. The van der Waals surface area contributed by atoms with E-state index in [0.29, 0.717) is 11.5 Å². The fourth-order valence-corrected chi connectivity index (χ4v) is 3.47. The van der Waals surface area contributed by atoms with Gasteiger partial charge >= 0.3 is 12.2 Å². The van der Waals surface area contributed by atoms with Crippen LogP contribution in [0.25, 0.3) is 0 Å². The van der Waals surface area contributed by atoms with E-state index in [9.17, 15) is 9.59 Å². The molecule has 0 aliphatic carbocycles. The van der Waals surface area contributed by atoms with Crippen LogP contribution in [0, 0.1) is 0 Å². The van der Waals surface area contributed by atoms with E-state index in [-0.39, 0.29) is 5.60 Å². The minimum absolute atomic E-state index is 0.342. The highest BCUT2D eigenvalue weighted by atomic mass is 32.2. The standard InChI is InChI=1S/C19H26N5O5S/c1-18(2)12-13-8-7-9-14(15(13)28-18)27-16(25)22(5)30-23(6)17(26)29-21-24-11-10-20-19(24,3)4/h7-11,21H,12H2,1-6H3/q+1. The molecule has 0 spiro atoms. The highest BCUT2D eigenvalue weighted by molar-refractivity contribution is 7.95. The molecule has 0 saturated carbocycles. The van der Waals surface area contributed by atoms with Crippen molar-refractivity contribution in [3.63, 3.8) is 0 Å². The molecule has 0 bridgehead atoms. The summed E-state index contributed by atoms with van der Waals surface area (Å²) in [6.45, 7) is 7.65. The number of hydrazone groups is 1. The first-order chi connectivity index (χ1) is 14.0. The molecule has 2 aliphatic rings. The Hall–Kier alpha value is -2.95. The molecule has 0 saturated heterocycles. The smallest absolute Gasteiger partial charge is 0.449 e. The number of hydrogen-bond donors (Lipinski definition) is 1. The molecule has 0 aromatic heterocycles. The van der Waals surface area contributed by atoms with Crippen LogP contribution in [-0.2, 0) is 11.3 Å². The summed E-state index contributed by atoms with van der Waals surface area (Å²) >= 11 is 0.827. The summed E-state index contributed by atoms with van der Waals surface area (Å²) in [5.74, 6) is 0.909. The monoisotopic (exact) mass is 436 g/mol. The van der Waals surface area contributed by atoms with E-state index >= 15 is 0 Å². The fraction of sp³-hybridized carbons (Fsp3) is 0.474. The number of aliphatic imine (C=N–C) groups is 1. The zero-order valence-electron chi connectivity index (χ0n) is 17.8. The first-order valence-corrected chi connectivity index (χ1v) is 10.0. The maximum absolute atomic E-state index is 12.5. The average Bonchev–Trinajstić information content (AvgIpc) is 3.16. The molecule has 162 valence electrons. The number of fused-ring (bicyclic) bond motifs is 1. The van der Waals surface area contributed by atoms with Crippen LogP contribution in [-0.4, -0.2) is 63.3 Å². The summed E-state index contributed by atoms with van der Waals surface area (Å²) in [6, 6.07) is 5.44. The summed E-state index contributed by atoms with van der Waals surface area (Å²) in [5, 5.41) is 0. The van der Waals surface area contributed by atoms with Gasteiger partial charge in [-0.25, -0.2) is 23.2 Å². The zero-order chi connectivity index (χ0) is 22.1. The molecule has 2 aliphatic heterocycles. The van der Waals surface area contributed by atoms with Gasteiger partial charge in [0.1, 0.15) is 5.60 Å². The minimum Gasteiger partial charge on any atom is -0.483 e. The number of hydrazine groups is 1. The lowest BCUT2D eigenvalue weighted by Crippen LogP contribution is -2.44. The molecular formula is C19H26N5O5S+. The van der Waals surface area contributed by atoms with E-state index in [1.165, 1.54) is 18.4 Å². The third-order valence-corrected chi connectivity index (χ3v) is 5.23. The SMILES string of the molecule is CN(SN(C)C(=O)Oc1cccc2c1OC(C)(C)C2)C(=O)ON[N+]1=CC=NC1(C)C. The highest BCUT2D eigenvalue weighted by Gasteiger charge is 2.35. The molecule has 10 nitrogen and oxygen atoms in total. The van der Waals surface area contributed by atoms with Crippen LogP contribution < -0.4 is 15.1 Å². The lowest BCUT2D eigenvalue weighted by atomic mass is 10.0. The number of ether oxygens (including phenoxy) is 2. The Kier molecular flexibility index (Phi) is 5.84. The Morgan fingerprint density at radius 2 is 1.90 bits per heavy atom. The molecule has 0 fully saturated rings. The van der Waals surface area contributed by atoms with Gasteiger partial charge in [0.25, 0.3) is 5.66 Å². The predicted octanol–water partition coefficient (Wildman–Crippen LogP) is 2.79. The third-order valence-electron chi connectivity index (χ3n) is 4.44. The van der Waals surface area contributed by atoms with Crippen molar-refractivity contribution in [3.05, 3.63) is 23.8 Å². The van der Waals surface area contributed by atoms with Gasteiger partial charge in [0.2, 0.25) is 6.21 Å². The summed E-state index contributed by atoms with van der Waals surface area (Å²) in [5.41, 5.74) is 2.59. The van der Waals surface area contributed by atoms with Gasteiger partial charge < -0.3 is 9.47 Å². The second-order valence-corrected chi connectivity index (χ2v) is 9.24. The molecule has 11 heteroatoms. The Balaban J connectivity index is 1.52. The maximum atomic E-state index is 12.5. The van der Waals surface area contributed by atoms with Gasteiger partial charge in [-0.2, -0.15) is 0 Å². The number of carbonyl (C=O) groups is 2. The van der Waals surface area contributed by atoms with Gasteiger partial charge in [0.05, 0.1) is 18.3 Å². The lowest BCUT2D eigenvalue weighted by molar-refractivity contribution is -0.683. The van der Waals surface area contributed by atoms with Crippen molar-refractivity contribution in [1.29, 1.82) is 0 Å². The normalized spacial score (nSPS) is 17.5. The summed E-state index contributed by atoms with van der Waals surface area (Å²) < 4.78 is 15.3. The van der Waals surface area contributed by atoms with Crippen LogP contribution in [0.1, 0.15) is 33.3 Å². The lowest BCUT2D eigenvalue weighted by Gasteiger charge is -2.22. The van der Waals surface area contributed by atoms with Gasteiger partial charge in [0, 0.05) is 39.9 Å². The van der Waals surface area contributed by atoms with Crippen molar-refractivity contribution < 1.29 is 28.6 Å². The van der Waals surface area contributed by atoms with Crippen molar-refractivity contribution in [2.24, 2.45) is 4.99 Å². The second kappa shape index (κ2) is 8.05. The van der Waals surface area contributed by atoms with Gasteiger partial charge in [-0.05, 0) is 25.5 Å². The maximum Gasteiger partial charge on any atom is 0.449 e. The zero-order valence-corrected chi connectivity index (χ0v) is 18.6. The number of rotatable bonds is 5. The van der Waals surface area contributed by atoms with E-state index in [0.717, 1.165) is 28.4 Å². The number of nitrogens with one attached hydrogen (secondary N) is 1. The van der Waals surface area contributed by atoms with E-state index in [2.05, 4.69) is 10.6 Å². The van der Waals surface area contributed by atoms with Gasteiger partial charge in [0.15, 0.2) is 11.5 Å². The second-order valence-electron chi connectivity index (χ2n) is 7.98. The minimum atomic E-state index is -0.707. The van der Waals surface area contributed by atoms with Crippen LogP contribution in [0.4, 0.5) is 9.59 Å². The van der Waals surface area contributed by atoms with Crippen molar-refractivity contribution in [2.45, 2.75) is 45.4 Å². The summed E-state index contributed by atoms with van der Waals surface area (Å²) in [7, 11) is 2.96. The van der Waals surface area contributed by atoms with Crippen molar-refractivity contribution >= 4 is 36.7 Å². The first-order valence-electron chi connectivity index (χ1n) is 9.31. The average molecular weight is 437 g/mol. The fourth-order valence-electron chi connectivity index (χ4n) is 2.90. The summed E-state index contributed by atoms with van der Waals surface area (Å²) in [4.78, 5) is 33.9. The van der Waals surface area contributed by atoms with Gasteiger partial charge in [-0.1, -0.05) is 16.8 Å². The number of para-hydroxylation sites is 1. The van der Waals surface area contributed by atoms with E-state index in [1.54, 1.807) is 23.2 Å². The van der Waals surface area contributed by atoms with Crippen molar-refractivity contribution in [3.8, 4) is 11.5 Å². The number of carbonyl (C=O) groups excluding carboxylic acids is 2. The molecule has 0 unspecified atom stereocenters. The van der Waals surface area contributed by atoms with E-state index in [1.807, 2.05) is 39.8 Å². The Morgan fingerprint density at radius 3 is 2.57 bits per heavy atom. The molecule has 0 atom stereocenters. The predicted molar refractivity (Wildman–Crippen MR) is 113 cm³/mol. The molecular weight excluding hydrogens is 410 g/mol. The highest BCUT2D eigenvalue weighted by Crippen LogP contribution is 2.42. The topological polar surface area (TPSA) is 95.7 Å². The van der Waals surface area contributed by atoms with E-state index < -0.39 is 17.8 Å². The molecule has 2 amide bonds. The van der Waals surface area contributed by atoms with Gasteiger partial charge in [-0.15, -0.1) is 0 Å². The number of amides is 2. The van der Waals surface area contributed by atoms with Crippen molar-refractivity contribution in [2.75, 3.05) is 14.1 Å². The van der Waals surface area contributed by atoms with Crippen LogP contribution in [0.5, 0.6) is 11.5 Å². The Labute approximate surface area is 179 Å². The molecule has 1 aromatic rings. The third kappa shape index (κ3) is 4.78. The van der Waals surface area contributed by atoms with Crippen LogP contribution in [0.3, 0.4) is 0 Å². The molecule has 3 rings (SSSR count). The number of hydrogen-bond acceptors (Lipinski definition) is 8. The van der Waals surface area contributed by atoms with Crippen molar-refractivity contribution in [1.82, 2.24) is 14.2 Å². The largest absolute Gasteiger partial charge is 0.483 e. The molecule has 30 heavy (non-hydrogen) atoms. The number of nitrogens with zero attached hydrogens (tertiary/aromatic N) is 4. The van der Waals surface area contributed by atoms with Crippen LogP contribution in [0.15, 0.2) is 23.2 Å². The number of benzene rings is 1. The molecule has 1 N–H and O–H groups in total. The molecule has 2 heterocycles. The first kappa shape index (κ1) is 21.8. The van der Waals surface area contributed by atoms with Crippen LogP contribution in [0.2, 0.25) is 0 Å². The molecule has 0 radical (unpaired) electrons. The Morgan fingerprint density at radius 1 is 1.20 bits per heavy atom. The van der Waals surface area contributed by atoms with Gasteiger partial charge in [-0.3, -0.25) is 4.84 Å². The van der Waals surface area contributed by atoms with Crippen LogP contribution >= 0.6 is 12.1 Å². The summed E-state index contributed by atoms with van der Waals surface area (Å²) in [6.07, 6.45) is 2.62. The Bertz CT molecular complexity index is 915.